The molecule has 9 nitrogen and oxygen atoms in total. The number of nitrogens with zero attached hydrogens (tertiary/aromatic N) is 2. The van der Waals surface area contributed by atoms with Gasteiger partial charge in [0.2, 0.25) is 5.82 Å². The van der Waals surface area contributed by atoms with Crippen molar-refractivity contribution in [3.05, 3.63) is 27.9 Å². The Balaban J connectivity index is 2.27. The fourth-order valence-electron chi connectivity index (χ4n) is 2.15. The lowest BCUT2D eigenvalue weighted by Gasteiger charge is -2.23. The zero-order valence-corrected chi connectivity index (χ0v) is 11.7. The Morgan fingerprint density at radius 3 is 2.81 bits per heavy atom. The van der Waals surface area contributed by atoms with Gasteiger partial charge in [-0.2, -0.15) is 0 Å². The maximum absolute atomic E-state index is 11.5. The molecule has 2 rings (SSSR count). The maximum atomic E-state index is 11.5. The van der Waals surface area contributed by atoms with E-state index in [0.29, 0.717) is 12.8 Å². The Labute approximate surface area is 120 Å². The van der Waals surface area contributed by atoms with Gasteiger partial charge in [-0.05, 0) is 12.8 Å². The van der Waals surface area contributed by atoms with E-state index in [4.69, 9.17) is 5.11 Å². The molecule has 0 aliphatic carbocycles. The van der Waals surface area contributed by atoms with Gasteiger partial charge in [0, 0.05) is 18.3 Å². The zero-order valence-electron chi connectivity index (χ0n) is 10.9. The van der Waals surface area contributed by atoms with Crippen molar-refractivity contribution in [1.29, 1.82) is 0 Å². The number of carboxylic acid groups (broad SMARTS) is 1. The molecule has 1 fully saturated rings. The number of hydrogen-bond donors (Lipinski definition) is 2. The van der Waals surface area contributed by atoms with Crippen molar-refractivity contribution in [2.75, 3.05) is 16.8 Å². The minimum Gasteiger partial charge on any atom is -0.478 e. The van der Waals surface area contributed by atoms with Gasteiger partial charge in [0.15, 0.2) is 9.84 Å². The minimum absolute atomic E-state index is 0.110. The molecule has 0 radical (unpaired) electrons. The van der Waals surface area contributed by atoms with Gasteiger partial charge >= 0.3 is 11.7 Å². The Hall–Kier alpha value is -2.23. The molecule has 1 aliphatic rings. The van der Waals surface area contributed by atoms with E-state index >= 15 is 0 Å². The molecule has 1 aliphatic heterocycles. The molecule has 1 aromatic rings. The quantitative estimate of drug-likeness (QED) is 0.610. The van der Waals surface area contributed by atoms with Crippen molar-refractivity contribution < 1.29 is 23.2 Å². The lowest BCUT2D eigenvalue weighted by atomic mass is 10.2. The number of aromatic nitrogens is 1. The zero-order chi connectivity index (χ0) is 15.6. The first kappa shape index (κ1) is 15.2. The predicted octanol–water partition coefficient (Wildman–Crippen LogP) is 0.677. The molecule has 10 heteroatoms. The monoisotopic (exact) mass is 315 g/mol. The standard InChI is InChI=1S/C11H13N3O6S/c15-11(16)7-4-9(14(17)18)10(12-5-7)13-8-2-1-3-21(19,20)6-8/h4-5,8H,1-3,6H2,(H,12,13)(H,15,16). The highest BCUT2D eigenvalue weighted by Gasteiger charge is 2.27. The smallest absolute Gasteiger partial charge is 0.337 e. The number of sulfone groups is 1. The highest BCUT2D eigenvalue weighted by atomic mass is 32.2. The highest BCUT2D eigenvalue weighted by Crippen LogP contribution is 2.25. The average Bonchev–Trinajstić information content (AvgIpc) is 2.37. The van der Waals surface area contributed by atoms with Gasteiger partial charge in [-0.1, -0.05) is 0 Å². The van der Waals surface area contributed by atoms with Crippen LogP contribution in [-0.2, 0) is 9.84 Å². The summed E-state index contributed by atoms with van der Waals surface area (Å²) in [5, 5.41) is 22.5. The summed E-state index contributed by atoms with van der Waals surface area (Å²) in [6.45, 7) is 0. The molecule has 21 heavy (non-hydrogen) atoms. The molecule has 114 valence electrons. The minimum atomic E-state index is -3.16. The fourth-order valence-corrected chi connectivity index (χ4v) is 3.79. The fraction of sp³-hybridized carbons (Fsp3) is 0.455. The van der Waals surface area contributed by atoms with E-state index in [2.05, 4.69) is 10.3 Å². The molecule has 0 spiro atoms. The van der Waals surface area contributed by atoms with Gasteiger partial charge in [0.25, 0.3) is 0 Å². The number of hydrogen-bond acceptors (Lipinski definition) is 7. The van der Waals surface area contributed by atoms with Crippen LogP contribution in [0.1, 0.15) is 23.2 Å². The molecule has 1 atom stereocenters. The van der Waals surface area contributed by atoms with Crippen LogP contribution >= 0.6 is 0 Å². The topological polar surface area (TPSA) is 140 Å². The normalized spacial score (nSPS) is 20.7. The summed E-state index contributed by atoms with van der Waals surface area (Å²) in [6.07, 6.45) is 2.02. The van der Waals surface area contributed by atoms with Crippen molar-refractivity contribution in [2.24, 2.45) is 0 Å². The van der Waals surface area contributed by atoms with Crippen LogP contribution in [-0.4, -0.2) is 46.9 Å². The van der Waals surface area contributed by atoms with Crippen LogP contribution in [0, 0.1) is 10.1 Å². The summed E-state index contributed by atoms with van der Waals surface area (Å²) in [4.78, 5) is 24.8. The molecule has 1 aromatic heterocycles. The Morgan fingerprint density at radius 1 is 1.52 bits per heavy atom. The Morgan fingerprint density at radius 2 is 2.24 bits per heavy atom. The van der Waals surface area contributed by atoms with Crippen LogP contribution < -0.4 is 5.32 Å². The van der Waals surface area contributed by atoms with Crippen molar-refractivity contribution in [3.8, 4) is 0 Å². The number of aromatic carboxylic acids is 1. The molecule has 2 N–H and O–H groups in total. The molecular weight excluding hydrogens is 302 g/mol. The number of carbonyl (C=O) groups is 1. The van der Waals surface area contributed by atoms with Crippen LogP contribution in [0.2, 0.25) is 0 Å². The van der Waals surface area contributed by atoms with Gasteiger partial charge in [-0.25, -0.2) is 18.2 Å². The van der Waals surface area contributed by atoms with Crippen molar-refractivity contribution in [2.45, 2.75) is 18.9 Å². The molecule has 0 saturated carbocycles. The third kappa shape index (κ3) is 3.66. The summed E-state index contributed by atoms with van der Waals surface area (Å²) in [5.41, 5.74) is -0.790. The van der Waals surface area contributed by atoms with Crippen LogP contribution in [0.5, 0.6) is 0 Å². The Kier molecular flexibility index (Phi) is 4.07. The second kappa shape index (κ2) is 5.64. The van der Waals surface area contributed by atoms with Crippen LogP contribution in [0.3, 0.4) is 0 Å². The summed E-state index contributed by atoms with van der Waals surface area (Å²) in [6, 6.07) is 0.431. The third-order valence-corrected chi connectivity index (χ3v) is 4.94. The van der Waals surface area contributed by atoms with Crippen molar-refractivity contribution in [1.82, 2.24) is 4.98 Å². The number of pyridine rings is 1. The third-order valence-electron chi connectivity index (χ3n) is 3.12. The van der Waals surface area contributed by atoms with Gasteiger partial charge < -0.3 is 10.4 Å². The highest BCUT2D eigenvalue weighted by molar-refractivity contribution is 7.91. The number of nitro groups is 1. The van der Waals surface area contributed by atoms with Gasteiger partial charge in [-0.15, -0.1) is 0 Å². The van der Waals surface area contributed by atoms with Gasteiger partial charge in [-0.3, -0.25) is 10.1 Å². The molecule has 0 aromatic carbocycles. The molecule has 0 bridgehead atoms. The average molecular weight is 315 g/mol. The van der Waals surface area contributed by atoms with Crippen LogP contribution in [0.15, 0.2) is 12.3 Å². The number of rotatable bonds is 4. The van der Waals surface area contributed by atoms with Crippen molar-refractivity contribution in [3.63, 3.8) is 0 Å². The summed E-state index contributed by atoms with van der Waals surface area (Å²) in [5.74, 6) is -1.45. The second-order valence-electron chi connectivity index (χ2n) is 4.75. The van der Waals surface area contributed by atoms with Gasteiger partial charge in [0.1, 0.15) is 0 Å². The first-order valence-corrected chi connectivity index (χ1v) is 7.95. The maximum Gasteiger partial charge on any atom is 0.337 e. The van der Waals surface area contributed by atoms with E-state index < -0.39 is 32.5 Å². The predicted molar refractivity (Wildman–Crippen MR) is 73.1 cm³/mol. The number of anilines is 1. The van der Waals surface area contributed by atoms with Gasteiger partial charge in [0.05, 0.1) is 22.0 Å². The molecule has 0 amide bonds. The molecular formula is C11H13N3O6S. The van der Waals surface area contributed by atoms with E-state index in [1.165, 1.54) is 0 Å². The SMILES string of the molecule is O=C(O)c1cnc(NC2CCCS(=O)(=O)C2)c([N+](=O)[O-])c1. The second-order valence-corrected chi connectivity index (χ2v) is 6.98. The molecule has 1 saturated heterocycles. The number of carboxylic acids is 1. The van der Waals surface area contributed by atoms with E-state index in [-0.39, 0.29) is 22.9 Å². The van der Waals surface area contributed by atoms with E-state index in [0.717, 1.165) is 12.3 Å². The number of nitrogens with one attached hydrogen (secondary N) is 1. The summed E-state index contributed by atoms with van der Waals surface area (Å²) < 4.78 is 23.1. The van der Waals surface area contributed by atoms with E-state index in [9.17, 15) is 23.3 Å². The van der Waals surface area contributed by atoms with Crippen LogP contribution in [0.4, 0.5) is 11.5 Å². The van der Waals surface area contributed by atoms with E-state index in [1.54, 1.807) is 0 Å². The lowest BCUT2D eigenvalue weighted by molar-refractivity contribution is -0.384. The summed E-state index contributed by atoms with van der Waals surface area (Å²) >= 11 is 0. The molecule has 1 unspecified atom stereocenters. The molecule has 2 heterocycles. The first-order chi connectivity index (χ1) is 9.78. The lowest BCUT2D eigenvalue weighted by Crippen LogP contribution is -2.35. The first-order valence-electron chi connectivity index (χ1n) is 6.13. The largest absolute Gasteiger partial charge is 0.478 e. The summed E-state index contributed by atoms with van der Waals surface area (Å²) in [7, 11) is -3.16. The van der Waals surface area contributed by atoms with Crippen LogP contribution in [0.25, 0.3) is 0 Å². The van der Waals surface area contributed by atoms with Crippen molar-refractivity contribution >= 4 is 27.3 Å². The Bertz CT molecular complexity index is 687. The van der Waals surface area contributed by atoms with E-state index in [1.807, 2.05) is 0 Å².